The Balaban J connectivity index is 0.00000220. The topological polar surface area (TPSA) is 58.4 Å². The molecule has 0 unspecified atom stereocenters. The van der Waals surface area contributed by atoms with Gasteiger partial charge < -0.3 is 5.32 Å². The predicted molar refractivity (Wildman–Crippen MR) is 80.7 cm³/mol. The van der Waals surface area contributed by atoms with Crippen LogP contribution in [0, 0.1) is 15.9 Å². The molecule has 1 aliphatic rings. The fourth-order valence-corrected chi connectivity index (χ4v) is 2.38. The van der Waals surface area contributed by atoms with E-state index in [1.54, 1.807) is 0 Å². The summed E-state index contributed by atoms with van der Waals surface area (Å²) in [5.74, 6) is -0.811. The Hall–Kier alpha value is -1.09. The molecule has 1 aliphatic heterocycles. The van der Waals surface area contributed by atoms with Gasteiger partial charge in [-0.1, -0.05) is 0 Å². The number of hydrogen-bond donors (Lipinski definition) is 1. The zero-order valence-electron chi connectivity index (χ0n) is 11.4. The molecule has 1 atom stereocenters. The van der Waals surface area contributed by atoms with E-state index < -0.39 is 28.9 Å². The number of benzene rings is 1. The zero-order valence-corrected chi connectivity index (χ0v) is 13.0. The summed E-state index contributed by atoms with van der Waals surface area (Å²) >= 11 is 0. The van der Waals surface area contributed by atoms with E-state index in [4.69, 9.17) is 0 Å². The van der Waals surface area contributed by atoms with Gasteiger partial charge in [-0.15, -0.1) is 24.8 Å². The van der Waals surface area contributed by atoms with Crippen molar-refractivity contribution in [1.29, 1.82) is 0 Å². The second kappa shape index (κ2) is 9.14. The van der Waals surface area contributed by atoms with Gasteiger partial charge in [-0.3, -0.25) is 15.0 Å². The third-order valence-electron chi connectivity index (χ3n) is 3.29. The van der Waals surface area contributed by atoms with Gasteiger partial charge in [0.25, 0.3) is 12.1 Å². The van der Waals surface area contributed by atoms with Crippen LogP contribution in [0.4, 0.5) is 18.9 Å². The molecule has 1 fully saturated rings. The summed E-state index contributed by atoms with van der Waals surface area (Å²) in [5.41, 5.74) is -0.748. The summed E-state index contributed by atoms with van der Waals surface area (Å²) < 4.78 is 39.8. The summed E-state index contributed by atoms with van der Waals surface area (Å²) in [6, 6.07) is 1.34. The van der Waals surface area contributed by atoms with E-state index in [1.165, 1.54) is 4.90 Å². The molecule has 2 rings (SSSR count). The normalized spacial score (nSPS) is 16.5. The van der Waals surface area contributed by atoms with E-state index in [0.29, 0.717) is 32.2 Å². The summed E-state index contributed by atoms with van der Waals surface area (Å²) in [4.78, 5) is 11.6. The van der Waals surface area contributed by atoms with Crippen LogP contribution in [0.25, 0.3) is 0 Å². The second-order valence-electron chi connectivity index (χ2n) is 4.53. The minimum Gasteiger partial charge on any atom is -0.314 e. The smallest absolute Gasteiger partial charge is 0.277 e. The van der Waals surface area contributed by atoms with Crippen molar-refractivity contribution in [2.45, 2.75) is 12.5 Å². The van der Waals surface area contributed by atoms with Gasteiger partial charge in [-0.2, -0.15) is 0 Å². The van der Waals surface area contributed by atoms with Gasteiger partial charge in [0.05, 0.1) is 16.6 Å². The first-order valence-electron chi connectivity index (χ1n) is 6.17. The minimum absolute atomic E-state index is 0. The maximum atomic E-state index is 13.3. The Morgan fingerprint density at radius 3 is 2.32 bits per heavy atom. The van der Waals surface area contributed by atoms with Gasteiger partial charge in [0.15, 0.2) is 0 Å². The van der Waals surface area contributed by atoms with E-state index in [9.17, 15) is 23.3 Å². The maximum absolute atomic E-state index is 13.3. The standard InChI is InChI=1S/C12H14F3N3O2.2ClH/c13-8-1-2-9(10(7-8)18(19)20)11(12(14)15)17-5-3-16-4-6-17;;/h1-2,7,11-12,16H,3-6H2;2*1H/t11-;;/m0../s1. The molecular weight excluding hydrogens is 346 g/mol. The monoisotopic (exact) mass is 361 g/mol. The van der Waals surface area contributed by atoms with Crippen LogP contribution < -0.4 is 5.32 Å². The van der Waals surface area contributed by atoms with E-state index in [2.05, 4.69) is 5.32 Å². The number of hydrogen-bond acceptors (Lipinski definition) is 4. The molecule has 1 saturated heterocycles. The van der Waals surface area contributed by atoms with Gasteiger partial charge in [-0.05, 0) is 12.1 Å². The highest BCUT2D eigenvalue weighted by Crippen LogP contribution is 2.34. The third-order valence-corrected chi connectivity index (χ3v) is 3.29. The van der Waals surface area contributed by atoms with Gasteiger partial charge in [0.2, 0.25) is 0 Å². The van der Waals surface area contributed by atoms with Crippen LogP contribution >= 0.6 is 24.8 Å². The summed E-state index contributed by atoms with van der Waals surface area (Å²) in [6.45, 7) is 1.81. The average Bonchev–Trinajstić information content (AvgIpc) is 2.41. The Bertz CT molecular complexity index is 503. The molecule has 5 nitrogen and oxygen atoms in total. The Morgan fingerprint density at radius 2 is 1.82 bits per heavy atom. The number of rotatable bonds is 4. The van der Waals surface area contributed by atoms with E-state index in [0.717, 1.165) is 12.1 Å². The summed E-state index contributed by atoms with van der Waals surface area (Å²) in [6.07, 6.45) is -2.78. The van der Waals surface area contributed by atoms with Crippen molar-refractivity contribution >= 4 is 30.5 Å². The third kappa shape index (κ3) is 4.70. The lowest BCUT2D eigenvalue weighted by Crippen LogP contribution is -2.47. The molecule has 0 spiro atoms. The van der Waals surface area contributed by atoms with Gasteiger partial charge in [0, 0.05) is 26.2 Å². The second-order valence-corrected chi connectivity index (χ2v) is 4.53. The van der Waals surface area contributed by atoms with Crippen LogP contribution in [0.3, 0.4) is 0 Å². The molecule has 1 aromatic carbocycles. The molecule has 1 aromatic rings. The van der Waals surface area contributed by atoms with Crippen molar-refractivity contribution in [3.05, 3.63) is 39.7 Å². The molecule has 1 N–H and O–H groups in total. The van der Waals surface area contributed by atoms with E-state index in [1.807, 2.05) is 0 Å². The van der Waals surface area contributed by atoms with Crippen LogP contribution in [0.5, 0.6) is 0 Å². The highest BCUT2D eigenvalue weighted by atomic mass is 35.5. The van der Waals surface area contributed by atoms with Crippen molar-refractivity contribution in [3.63, 3.8) is 0 Å². The lowest BCUT2D eigenvalue weighted by atomic mass is 10.0. The lowest BCUT2D eigenvalue weighted by molar-refractivity contribution is -0.386. The molecule has 0 aromatic heterocycles. The van der Waals surface area contributed by atoms with Crippen molar-refractivity contribution < 1.29 is 18.1 Å². The molecule has 0 amide bonds. The molecular formula is C12H16Cl2F3N3O2. The highest BCUT2D eigenvalue weighted by molar-refractivity contribution is 5.85. The number of alkyl halides is 2. The maximum Gasteiger partial charge on any atom is 0.277 e. The molecule has 0 bridgehead atoms. The number of nitrogens with zero attached hydrogens (tertiary/aromatic N) is 2. The van der Waals surface area contributed by atoms with Crippen molar-refractivity contribution in [2.24, 2.45) is 0 Å². The minimum atomic E-state index is -2.78. The Labute approximate surface area is 137 Å². The van der Waals surface area contributed by atoms with Gasteiger partial charge in [-0.25, -0.2) is 13.2 Å². The number of piperazine rings is 1. The van der Waals surface area contributed by atoms with Crippen LogP contribution in [0.15, 0.2) is 18.2 Å². The zero-order chi connectivity index (χ0) is 14.7. The van der Waals surface area contributed by atoms with E-state index >= 15 is 0 Å². The van der Waals surface area contributed by atoms with Crippen molar-refractivity contribution in [1.82, 2.24) is 10.2 Å². The first-order chi connectivity index (χ1) is 9.50. The van der Waals surface area contributed by atoms with Crippen molar-refractivity contribution in [2.75, 3.05) is 26.2 Å². The number of nitro benzene ring substituents is 1. The molecule has 10 heteroatoms. The molecule has 0 radical (unpaired) electrons. The average molecular weight is 362 g/mol. The van der Waals surface area contributed by atoms with E-state index in [-0.39, 0.29) is 30.4 Å². The highest BCUT2D eigenvalue weighted by Gasteiger charge is 2.35. The number of nitro groups is 1. The first-order valence-corrected chi connectivity index (χ1v) is 6.17. The van der Waals surface area contributed by atoms with Crippen LogP contribution in [0.1, 0.15) is 11.6 Å². The predicted octanol–water partition coefficient (Wildman–Crippen LogP) is 2.79. The van der Waals surface area contributed by atoms with Gasteiger partial charge in [0.1, 0.15) is 11.9 Å². The van der Waals surface area contributed by atoms with Crippen LogP contribution in [0.2, 0.25) is 0 Å². The number of halogens is 5. The van der Waals surface area contributed by atoms with Crippen LogP contribution in [-0.2, 0) is 0 Å². The Kier molecular flexibility index (Phi) is 8.69. The SMILES string of the molecule is Cl.Cl.O=[N+]([O-])c1cc(F)ccc1[C@@H](C(F)F)N1CCNCC1. The molecule has 22 heavy (non-hydrogen) atoms. The fraction of sp³-hybridized carbons (Fsp3) is 0.500. The largest absolute Gasteiger partial charge is 0.314 e. The Morgan fingerprint density at radius 1 is 1.23 bits per heavy atom. The first kappa shape index (κ1) is 20.9. The number of nitrogens with one attached hydrogen (secondary N) is 1. The molecule has 0 saturated carbocycles. The quantitative estimate of drug-likeness (QED) is 0.661. The lowest BCUT2D eigenvalue weighted by Gasteiger charge is -2.34. The summed E-state index contributed by atoms with van der Waals surface area (Å²) in [7, 11) is 0. The van der Waals surface area contributed by atoms with Crippen molar-refractivity contribution in [3.8, 4) is 0 Å². The molecule has 1 heterocycles. The molecule has 0 aliphatic carbocycles. The van der Waals surface area contributed by atoms with Crippen LogP contribution in [-0.4, -0.2) is 42.4 Å². The van der Waals surface area contributed by atoms with Gasteiger partial charge >= 0.3 is 0 Å². The summed E-state index contributed by atoms with van der Waals surface area (Å²) in [5, 5.41) is 14.0. The fourth-order valence-electron chi connectivity index (χ4n) is 2.38. The molecule has 126 valence electrons.